The summed E-state index contributed by atoms with van der Waals surface area (Å²) in [5.41, 5.74) is 2.74. The highest BCUT2D eigenvalue weighted by molar-refractivity contribution is 5.91. The number of rotatable bonds is 5. The van der Waals surface area contributed by atoms with E-state index in [4.69, 9.17) is 0 Å². The van der Waals surface area contributed by atoms with Crippen molar-refractivity contribution in [3.05, 3.63) is 89.1 Å². The fourth-order valence-electron chi connectivity index (χ4n) is 3.38. The van der Waals surface area contributed by atoms with E-state index in [-0.39, 0.29) is 12.1 Å². The summed E-state index contributed by atoms with van der Waals surface area (Å²) in [4.78, 5) is 29.7. The normalized spacial score (nSPS) is 11.2. The van der Waals surface area contributed by atoms with Gasteiger partial charge in [-0.25, -0.2) is 14.2 Å². The van der Waals surface area contributed by atoms with E-state index in [1.54, 1.807) is 6.07 Å². The molecular formula is C21H17N7O2. The highest BCUT2D eigenvalue weighted by atomic mass is 16.2. The summed E-state index contributed by atoms with van der Waals surface area (Å²) in [6, 6.07) is 19.2. The number of carbonyl (C=O) groups is 1. The van der Waals surface area contributed by atoms with Crippen LogP contribution in [0.15, 0.2) is 78.0 Å². The third kappa shape index (κ3) is 3.22. The standard InChI is InChI=1S/C21H17N7O2/c29-19(13-27-20(30)18-10-11-22-28(18)14-23-27)25-21-24-16-8-4-5-9-17(16)26(21)12-15-6-2-1-3-7-15/h1-11,14H,12-13H2,(H,24,25,29). The molecule has 0 aliphatic heterocycles. The minimum atomic E-state index is -0.391. The number of nitrogens with one attached hydrogen (secondary N) is 1. The van der Waals surface area contributed by atoms with Crippen molar-refractivity contribution in [2.24, 2.45) is 0 Å². The van der Waals surface area contributed by atoms with Crippen LogP contribution in [0.2, 0.25) is 0 Å². The van der Waals surface area contributed by atoms with Crippen molar-refractivity contribution in [3.8, 4) is 0 Å². The molecule has 0 fully saturated rings. The number of para-hydroxylation sites is 2. The zero-order valence-corrected chi connectivity index (χ0v) is 15.8. The Kier molecular flexibility index (Phi) is 4.32. The van der Waals surface area contributed by atoms with Crippen molar-refractivity contribution >= 4 is 28.4 Å². The zero-order valence-electron chi connectivity index (χ0n) is 15.8. The summed E-state index contributed by atoms with van der Waals surface area (Å²) in [6.07, 6.45) is 2.91. The van der Waals surface area contributed by atoms with Gasteiger partial charge in [0.2, 0.25) is 11.9 Å². The van der Waals surface area contributed by atoms with Crippen LogP contribution in [-0.2, 0) is 17.9 Å². The summed E-state index contributed by atoms with van der Waals surface area (Å²) in [5, 5.41) is 10.8. The summed E-state index contributed by atoms with van der Waals surface area (Å²) in [6.45, 7) is 0.325. The van der Waals surface area contributed by atoms with Gasteiger partial charge in [0.25, 0.3) is 5.56 Å². The number of imidazole rings is 1. The van der Waals surface area contributed by atoms with E-state index in [1.165, 1.54) is 17.0 Å². The van der Waals surface area contributed by atoms with E-state index >= 15 is 0 Å². The fourth-order valence-corrected chi connectivity index (χ4v) is 3.38. The lowest BCUT2D eigenvalue weighted by atomic mass is 10.2. The predicted octanol–water partition coefficient (Wildman–Crippen LogP) is 1.93. The van der Waals surface area contributed by atoms with Crippen LogP contribution >= 0.6 is 0 Å². The number of hydrogen-bond acceptors (Lipinski definition) is 5. The largest absolute Gasteiger partial charge is 0.305 e. The Morgan fingerprint density at radius 2 is 1.73 bits per heavy atom. The van der Waals surface area contributed by atoms with E-state index in [9.17, 15) is 9.59 Å². The van der Waals surface area contributed by atoms with Crippen LogP contribution < -0.4 is 10.9 Å². The molecule has 0 bridgehead atoms. The molecule has 0 saturated heterocycles. The van der Waals surface area contributed by atoms with E-state index in [0.717, 1.165) is 21.3 Å². The third-order valence-corrected chi connectivity index (χ3v) is 4.81. The number of aromatic nitrogens is 6. The predicted molar refractivity (Wildman–Crippen MR) is 111 cm³/mol. The van der Waals surface area contributed by atoms with Crippen LogP contribution in [0.4, 0.5) is 5.95 Å². The molecule has 2 aromatic carbocycles. The third-order valence-electron chi connectivity index (χ3n) is 4.81. The quantitative estimate of drug-likeness (QED) is 0.487. The minimum Gasteiger partial charge on any atom is -0.305 e. The summed E-state index contributed by atoms with van der Waals surface area (Å²) >= 11 is 0. The van der Waals surface area contributed by atoms with E-state index in [0.29, 0.717) is 18.0 Å². The summed E-state index contributed by atoms with van der Waals surface area (Å²) < 4.78 is 4.42. The second-order valence-electron chi connectivity index (χ2n) is 6.80. The molecule has 30 heavy (non-hydrogen) atoms. The van der Waals surface area contributed by atoms with Crippen molar-refractivity contribution in [2.45, 2.75) is 13.1 Å². The smallest absolute Gasteiger partial charge is 0.293 e. The molecule has 3 heterocycles. The maximum Gasteiger partial charge on any atom is 0.293 e. The number of hydrogen-bond donors (Lipinski definition) is 1. The number of anilines is 1. The Balaban J connectivity index is 1.45. The first-order valence-corrected chi connectivity index (χ1v) is 9.37. The second-order valence-corrected chi connectivity index (χ2v) is 6.80. The van der Waals surface area contributed by atoms with Crippen LogP contribution in [0.5, 0.6) is 0 Å². The molecular weight excluding hydrogens is 382 g/mol. The van der Waals surface area contributed by atoms with Crippen molar-refractivity contribution < 1.29 is 4.79 Å². The second kappa shape index (κ2) is 7.28. The van der Waals surface area contributed by atoms with Crippen LogP contribution in [0.3, 0.4) is 0 Å². The molecule has 0 saturated carbocycles. The van der Waals surface area contributed by atoms with Gasteiger partial charge in [-0.3, -0.25) is 14.9 Å². The van der Waals surface area contributed by atoms with E-state index < -0.39 is 5.91 Å². The van der Waals surface area contributed by atoms with Crippen molar-refractivity contribution in [1.29, 1.82) is 0 Å². The molecule has 5 aromatic rings. The zero-order chi connectivity index (χ0) is 20.5. The Hall–Kier alpha value is -4.27. The molecule has 9 nitrogen and oxygen atoms in total. The van der Waals surface area contributed by atoms with Gasteiger partial charge in [-0.15, -0.1) is 0 Å². The Morgan fingerprint density at radius 1 is 0.933 bits per heavy atom. The molecule has 0 radical (unpaired) electrons. The SMILES string of the molecule is O=C(Cn1ncn2nccc2c1=O)Nc1nc2ccccc2n1Cc1ccccc1. The lowest BCUT2D eigenvalue weighted by molar-refractivity contribution is -0.117. The molecule has 5 rings (SSSR count). The molecule has 0 unspecified atom stereocenters. The lowest BCUT2D eigenvalue weighted by Crippen LogP contribution is -2.31. The van der Waals surface area contributed by atoms with Crippen molar-refractivity contribution in [3.63, 3.8) is 0 Å². The highest BCUT2D eigenvalue weighted by Gasteiger charge is 2.15. The molecule has 0 atom stereocenters. The highest BCUT2D eigenvalue weighted by Crippen LogP contribution is 2.21. The van der Waals surface area contributed by atoms with E-state index in [1.807, 2.05) is 59.2 Å². The van der Waals surface area contributed by atoms with Crippen molar-refractivity contribution in [2.75, 3.05) is 5.32 Å². The average Bonchev–Trinajstić information content (AvgIpc) is 3.37. The first kappa shape index (κ1) is 17.8. The summed E-state index contributed by atoms with van der Waals surface area (Å²) in [5.74, 6) is 0.0293. The number of fused-ring (bicyclic) bond motifs is 2. The van der Waals surface area contributed by atoms with Crippen LogP contribution in [0.25, 0.3) is 16.6 Å². The van der Waals surface area contributed by atoms with Crippen LogP contribution in [-0.4, -0.2) is 34.9 Å². The van der Waals surface area contributed by atoms with Gasteiger partial charge in [-0.2, -0.15) is 10.2 Å². The average molecular weight is 399 g/mol. The Bertz CT molecular complexity index is 1420. The maximum atomic E-state index is 12.7. The van der Waals surface area contributed by atoms with Crippen LogP contribution in [0, 0.1) is 0 Å². The first-order valence-electron chi connectivity index (χ1n) is 9.37. The van der Waals surface area contributed by atoms with Gasteiger partial charge in [-0.05, 0) is 23.8 Å². The van der Waals surface area contributed by atoms with Gasteiger partial charge >= 0.3 is 0 Å². The first-order chi connectivity index (χ1) is 14.7. The van der Waals surface area contributed by atoms with Gasteiger partial charge in [-0.1, -0.05) is 42.5 Å². The van der Waals surface area contributed by atoms with Gasteiger partial charge in [0.15, 0.2) is 0 Å². The fraction of sp³-hybridized carbons (Fsp3) is 0.0952. The lowest BCUT2D eigenvalue weighted by Gasteiger charge is -2.11. The molecule has 0 aliphatic carbocycles. The van der Waals surface area contributed by atoms with Gasteiger partial charge in [0.05, 0.1) is 23.8 Å². The molecule has 1 amide bonds. The maximum absolute atomic E-state index is 12.7. The van der Waals surface area contributed by atoms with Crippen molar-refractivity contribution in [1.82, 2.24) is 28.9 Å². The van der Waals surface area contributed by atoms with Gasteiger partial charge in [0, 0.05) is 0 Å². The molecule has 1 N–H and O–H groups in total. The topological polar surface area (TPSA) is 99.1 Å². The molecule has 0 aliphatic rings. The Morgan fingerprint density at radius 3 is 2.60 bits per heavy atom. The molecule has 148 valence electrons. The van der Waals surface area contributed by atoms with Gasteiger partial charge in [0.1, 0.15) is 18.4 Å². The van der Waals surface area contributed by atoms with E-state index in [2.05, 4.69) is 20.5 Å². The number of amides is 1. The Labute approximate surface area is 170 Å². The van der Waals surface area contributed by atoms with Gasteiger partial charge < -0.3 is 4.57 Å². The number of nitrogens with zero attached hydrogens (tertiary/aromatic N) is 6. The van der Waals surface area contributed by atoms with Crippen LogP contribution in [0.1, 0.15) is 5.56 Å². The summed E-state index contributed by atoms with van der Waals surface area (Å²) in [7, 11) is 0. The monoisotopic (exact) mass is 399 g/mol. The number of benzene rings is 2. The molecule has 0 spiro atoms. The molecule has 3 aromatic heterocycles. The number of carbonyl (C=O) groups excluding carboxylic acids is 1. The minimum absolute atomic E-state index is 0.227. The molecule has 9 heteroatoms.